The molecule has 2 aromatic rings. The fraction of sp³-hybridized carbons (Fsp3) is 0.316. The van der Waals surface area contributed by atoms with Crippen molar-refractivity contribution in [3.05, 3.63) is 53.6 Å². The predicted octanol–water partition coefficient (Wildman–Crippen LogP) is 4.75. The maximum Gasteiger partial charge on any atom is 0.310 e. The van der Waals surface area contributed by atoms with Gasteiger partial charge in [-0.15, -0.1) is 12.6 Å². The van der Waals surface area contributed by atoms with Crippen LogP contribution in [-0.2, 0) is 11.4 Å². The van der Waals surface area contributed by atoms with Gasteiger partial charge in [-0.25, -0.2) is 0 Å². The van der Waals surface area contributed by atoms with E-state index >= 15 is 0 Å². The van der Waals surface area contributed by atoms with Gasteiger partial charge in [-0.1, -0.05) is 19.1 Å². The SMILES string of the molecule is CCC(=O)Oc1cccc(C2CC2)c1COc1ccc(S)cc1. The molecular weight excluding hydrogens is 308 g/mol. The van der Waals surface area contributed by atoms with E-state index in [9.17, 15) is 4.79 Å². The van der Waals surface area contributed by atoms with Crippen molar-refractivity contribution in [1.82, 2.24) is 0 Å². The monoisotopic (exact) mass is 328 g/mol. The quantitative estimate of drug-likeness (QED) is 0.472. The largest absolute Gasteiger partial charge is 0.489 e. The van der Waals surface area contributed by atoms with Crippen LogP contribution in [0.5, 0.6) is 11.5 Å². The summed E-state index contributed by atoms with van der Waals surface area (Å²) < 4.78 is 11.4. The minimum absolute atomic E-state index is 0.223. The second-order valence-electron chi connectivity index (χ2n) is 5.71. The Balaban J connectivity index is 1.82. The first-order valence-electron chi connectivity index (χ1n) is 7.91. The van der Waals surface area contributed by atoms with E-state index in [0.717, 1.165) is 16.2 Å². The summed E-state index contributed by atoms with van der Waals surface area (Å²) in [5, 5.41) is 0. The number of ether oxygens (including phenoxy) is 2. The molecule has 0 unspecified atom stereocenters. The van der Waals surface area contributed by atoms with Crippen molar-refractivity contribution in [2.75, 3.05) is 0 Å². The maximum atomic E-state index is 11.7. The van der Waals surface area contributed by atoms with Crippen molar-refractivity contribution in [2.24, 2.45) is 0 Å². The zero-order valence-corrected chi connectivity index (χ0v) is 14.0. The van der Waals surface area contributed by atoms with Gasteiger partial charge in [-0.3, -0.25) is 4.79 Å². The van der Waals surface area contributed by atoms with E-state index in [-0.39, 0.29) is 5.97 Å². The Bertz CT molecular complexity index is 690. The number of benzene rings is 2. The third-order valence-electron chi connectivity index (χ3n) is 3.92. The molecule has 1 aliphatic carbocycles. The first-order chi connectivity index (χ1) is 11.2. The molecule has 3 nitrogen and oxygen atoms in total. The second kappa shape index (κ2) is 7.09. The molecule has 1 saturated carbocycles. The van der Waals surface area contributed by atoms with Crippen molar-refractivity contribution in [1.29, 1.82) is 0 Å². The number of hydrogen-bond acceptors (Lipinski definition) is 4. The lowest BCUT2D eigenvalue weighted by atomic mass is 10.0. The van der Waals surface area contributed by atoms with Gasteiger partial charge in [0.2, 0.25) is 0 Å². The van der Waals surface area contributed by atoms with Crippen LogP contribution in [0.25, 0.3) is 0 Å². The second-order valence-corrected chi connectivity index (χ2v) is 6.22. The van der Waals surface area contributed by atoms with Gasteiger partial charge < -0.3 is 9.47 Å². The van der Waals surface area contributed by atoms with Gasteiger partial charge in [0, 0.05) is 16.9 Å². The van der Waals surface area contributed by atoms with Gasteiger partial charge >= 0.3 is 5.97 Å². The summed E-state index contributed by atoms with van der Waals surface area (Å²) >= 11 is 4.27. The van der Waals surface area contributed by atoms with Crippen molar-refractivity contribution in [2.45, 2.75) is 43.6 Å². The summed E-state index contributed by atoms with van der Waals surface area (Å²) in [6, 6.07) is 13.5. The molecule has 3 rings (SSSR count). The first kappa shape index (κ1) is 15.9. The van der Waals surface area contributed by atoms with Crippen molar-refractivity contribution >= 4 is 18.6 Å². The zero-order chi connectivity index (χ0) is 16.2. The summed E-state index contributed by atoms with van der Waals surface area (Å²) in [6.45, 7) is 2.19. The van der Waals surface area contributed by atoms with Crippen LogP contribution in [-0.4, -0.2) is 5.97 Å². The summed E-state index contributed by atoms with van der Waals surface area (Å²) in [5.41, 5.74) is 2.21. The van der Waals surface area contributed by atoms with E-state index < -0.39 is 0 Å². The molecule has 4 heteroatoms. The molecule has 23 heavy (non-hydrogen) atoms. The van der Waals surface area contributed by atoms with E-state index in [1.807, 2.05) is 36.4 Å². The van der Waals surface area contributed by atoms with Crippen LogP contribution in [0.15, 0.2) is 47.4 Å². The van der Waals surface area contributed by atoms with E-state index in [1.165, 1.54) is 18.4 Å². The van der Waals surface area contributed by atoms with E-state index in [1.54, 1.807) is 6.92 Å². The third kappa shape index (κ3) is 4.08. The van der Waals surface area contributed by atoms with Crippen molar-refractivity contribution in [3.63, 3.8) is 0 Å². The minimum Gasteiger partial charge on any atom is -0.489 e. The number of carbonyl (C=O) groups is 1. The average Bonchev–Trinajstić information content (AvgIpc) is 3.39. The van der Waals surface area contributed by atoms with Gasteiger partial charge in [0.25, 0.3) is 0 Å². The topological polar surface area (TPSA) is 35.5 Å². The van der Waals surface area contributed by atoms with Crippen LogP contribution in [0.2, 0.25) is 0 Å². The Morgan fingerprint density at radius 1 is 1.17 bits per heavy atom. The molecule has 0 saturated heterocycles. The predicted molar refractivity (Wildman–Crippen MR) is 92.4 cm³/mol. The highest BCUT2D eigenvalue weighted by atomic mass is 32.1. The van der Waals surface area contributed by atoms with Gasteiger partial charge in [0.15, 0.2) is 0 Å². The lowest BCUT2D eigenvalue weighted by Gasteiger charge is -2.15. The van der Waals surface area contributed by atoms with E-state index in [0.29, 0.717) is 24.7 Å². The van der Waals surface area contributed by atoms with Crippen LogP contribution in [0.1, 0.15) is 43.2 Å². The number of thiol groups is 1. The molecule has 0 aliphatic heterocycles. The third-order valence-corrected chi connectivity index (χ3v) is 4.22. The maximum absolute atomic E-state index is 11.7. The molecule has 1 aliphatic rings. The lowest BCUT2D eigenvalue weighted by molar-refractivity contribution is -0.134. The highest BCUT2D eigenvalue weighted by molar-refractivity contribution is 7.80. The molecule has 1 fully saturated rings. The normalized spacial score (nSPS) is 13.7. The molecule has 2 aromatic carbocycles. The molecule has 0 heterocycles. The van der Waals surface area contributed by atoms with Gasteiger partial charge in [0.05, 0.1) is 0 Å². The molecule has 120 valence electrons. The zero-order valence-electron chi connectivity index (χ0n) is 13.1. The Morgan fingerprint density at radius 2 is 1.91 bits per heavy atom. The molecule has 0 atom stereocenters. The van der Waals surface area contributed by atoms with Gasteiger partial charge in [-0.2, -0.15) is 0 Å². The Kier molecular flexibility index (Phi) is 4.91. The smallest absolute Gasteiger partial charge is 0.310 e. The van der Waals surface area contributed by atoms with Crippen molar-refractivity contribution in [3.8, 4) is 11.5 Å². The fourth-order valence-electron chi connectivity index (χ4n) is 2.50. The van der Waals surface area contributed by atoms with Crippen LogP contribution in [0.4, 0.5) is 0 Å². The first-order valence-corrected chi connectivity index (χ1v) is 8.36. The summed E-state index contributed by atoms with van der Waals surface area (Å²) in [4.78, 5) is 12.6. The minimum atomic E-state index is -0.223. The highest BCUT2D eigenvalue weighted by Gasteiger charge is 2.28. The van der Waals surface area contributed by atoms with Crippen LogP contribution >= 0.6 is 12.6 Å². The molecule has 0 aromatic heterocycles. The Hall–Kier alpha value is -1.94. The Labute approximate surface area is 142 Å². The number of carbonyl (C=O) groups excluding carboxylic acids is 1. The van der Waals surface area contributed by atoms with E-state index in [2.05, 4.69) is 18.7 Å². The van der Waals surface area contributed by atoms with Crippen molar-refractivity contribution < 1.29 is 14.3 Å². The molecule has 0 amide bonds. The summed E-state index contributed by atoms with van der Waals surface area (Å²) in [7, 11) is 0. The number of esters is 1. The molecule has 0 radical (unpaired) electrons. The molecule has 0 bridgehead atoms. The fourth-order valence-corrected chi connectivity index (χ4v) is 2.65. The number of rotatable bonds is 6. The Morgan fingerprint density at radius 3 is 2.57 bits per heavy atom. The van der Waals surface area contributed by atoms with Crippen LogP contribution in [0.3, 0.4) is 0 Å². The van der Waals surface area contributed by atoms with Gasteiger partial charge in [0.1, 0.15) is 18.1 Å². The summed E-state index contributed by atoms with van der Waals surface area (Å²) in [5.74, 6) is 1.74. The van der Waals surface area contributed by atoms with Crippen LogP contribution in [0, 0.1) is 0 Å². The standard InChI is InChI=1S/C19H20O3S/c1-2-19(20)22-18-5-3-4-16(13-6-7-13)17(18)12-21-14-8-10-15(23)11-9-14/h3-5,8-11,13,23H,2,6-7,12H2,1H3. The molecular formula is C19H20O3S. The molecule has 0 spiro atoms. The number of hydrogen-bond donors (Lipinski definition) is 1. The highest BCUT2D eigenvalue weighted by Crippen LogP contribution is 2.44. The van der Waals surface area contributed by atoms with Crippen LogP contribution < -0.4 is 9.47 Å². The summed E-state index contributed by atoms with van der Waals surface area (Å²) in [6.07, 6.45) is 2.73. The average molecular weight is 328 g/mol. The molecule has 0 N–H and O–H groups in total. The lowest BCUT2D eigenvalue weighted by Crippen LogP contribution is -2.10. The van der Waals surface area contributed by atoms with E-state index in [4.69, 9.17) is 9.47 Å². The van der Waals surface area contributed by atoms with Gasteiger partial charge in [-0.05, 0) is 54.7 Å².